The summed E-state index contributed by atoms with van der Waals surface area (Å²) in [5, 5.41) is 12.9. The molecule has 0 saturated carbocycles. The maximum absolute atomic E-state index is 11.5. The molecule has 8 heteroatoms. The third-order valence-corrected chi connectivity index (χ3v) is 2.51. The van der Waals surface area contributed by atoms with Crippen LogP contribution in [0.3, 0.4) is 0 Å². The molecule has 0 amide bonds. The summed E-state index contributed by atoms with van der Waals surface area (Å²) in [6, 6.07) is 4.45. The number of aromatic amines is 1. The normalized spacial score (nSPS) is 10.5. The van der Waals surface area contributed by atoms with Gasteiger partial charge in [0.15, 0.2) is 0 Å². The summed E-state index contributed by atoms with van der Waals surface area (Å²) in [5.41, 5.74) is -0.487. The van der Waals surface area contributed by atoms with Crippen LogP contribution in [0, 0.1) is 0 Å². The minimum atomic E-state index is -1.33. The zero-order chi connectivity index (χ0) is 12.6. The Labute approximate surface area is 104 Å². The monoisotopic (exact) mass is 273 g/mol. The van der Waals surface area contributed by atoms with E-state index < -0.39 is 17.5 Å². The molecule has 0 aliphatic heterocycles. The van der Waals surface area contributed by atoms with Crippen molar-refractivity contribution in [1.29, 1.82) is 0 Å². The number of carbonyl (C=O) groups is 1. The van der Waals surface area contributed by atoms with Crippen molar-refractivity contribution in [2.24, 2.45) is 0 Å². The summed E-state index contributed by atoms with van der Waals surface area (Å²) in [5.74, 6) is -1.80. The van der Waals surface area contributed by atoms with Gasteiger partial charge in [-0.3, -0.25) is 4.98 Å². The van der Waals surface area contributed by atoms with Crippen LogP contribution in [0.2, 0.25) is 10.0 Å². The van der Waals surface area contributed by atoms with Gasteiger partial charge in [-0.1, -0.05) is 23.2 Å². The van der Waals surface area contributed by atoms with Gasteiger partial charge in [-0.25, -0.2) is 9.59 Å². The molecule has 6 nitrogen and oxygen atoms in total. The van der Waals surface area contributed by atoms with E-state index in [0.717, 1.165) is 4.68 Å². The van der Waals surface area contributed by atoms with Gasteiger partial charge in [0.2, 0.25) is 5.82 Å². The number of hydrogen-bond acceptors (Lipinski definition) is 3. The van der Waals surface area contributed by atoms with Gasteiger partial charge in [0.1, 0.15) is 0 Å². The molecule has 0 spiro atoms. The van der Waals surface area contributed by atoms with Crippen LogP contribution >= 0.6 is 23.2 Å². The molecular formula is C9H5Cl2N3O3. The number of nitrogens with zero attached hydrogens (tertiary/aromatic N) is 2. The second kappa shape index (κ2) is 4.23. The minimum Gasteiger partial charge on any atom is -0.475 e. The number of rotatable bonds is 2. The first-order valence-electron chi connectivity index (χ1n) is 4.37. The third kappa shape index (κ3) is 2.17. The van der Waals surface area contributed by atoms with Crippen LogP contribution in [0.15, 0.2) is 23.0 Å². The van der Waals surface area contributed by atoms with Crippen molar-refractivity contribution in [2.75, 3.05) is 0 Å². The van der Waals surface area contributed by atoms with Crippen molar-refractivity contribution in [3.8, 4) is 5.69 Å². The van der Waals surface area contributed by atoms with E-state index in [4.69, 9.17) is 28.3 Å². The number of carboxylic acids is 1. The van der Waals surface area contributed by atoms with E-state index in [9.17, 15) is 9.59 Å². The standard InChI is InChI=1S/C9H5Cl2N3O3/c10-4-1-2-5(11)6(3-4)14-9(17)12-7(13-14)8(15)16/h1-3H,(H,15,16)(H,12,13,17). The molecule has 0 fully saturated rings. The van der Waals surface area contributed by atoms with E-state index in [1.165, 1.54) is 12.1 Å². The van der Waals surface area contributed by atoms with Gasteiger partial charge < -0.3 is 5.11 Å². The maximum Gasteiger partial charge on any atom is 0.373 e. The predicted molar refractivity (Wildman–Crippen MR) is 61.2 cm³/mol. The second-order valence-electron chi connectivity index (χ2n) is 3.09. The van der Waals surface area contributed by atoms with Crippen molar-refractivity contribution in [3.63, 3.8) is 0 Å². The Kier molecular flexibility index (Phi) is 2.91. The van der Waals surface area contributed by atoms with Crippen molar-refractivity contribution >= 4 is 29.2 Å². The largest absolute Gasteiger partial charge is 0.475 e. The number of hydrogen-bond donors (Lipinski definition) is 2. The molecule has 2 N–H and O–H groups in total. The summed E-state index contributed by atoms with van der Waals surface area (Å²) in [7, 11) is 0. The van der Waals surface area contributed by atoms with E-state index in [2.05, 4.69) is 10.1 Å². The lowest BCUT2D eigenvalue weighted by atomic mass is 10.3. The molecule has 0 atom stereocenters. The van der Waals surface area contributed by atoms with Gasteiger partial charge in [0.25, 0.3) is 0 Å². The first-order chi connectivity index (χ1) is 7.99. The van der Waals surface area contributed by atoms with Crippen LogP contribution in [-0.2, 0) is 0 Å². The van der Waals surface area contributed by atoms with Gasteiger partial charge in [-0.2, -0.15) is 4.68 Å². The molecule has 2 aromatic rings. The Morgan fingerprint density at radius 1 is 1.41 bits per heavy atom. The summed E-state index contributed by atoms with van der Waals surface area (Å²) in [6.07, 6.45) is 0. The zero-order valence-corrected chi connectivity index (χ0v) is 9.66. The summed E-state index contributed by atoms with van der Waals surface area (Å²) in [4.78, 5) is 24.2. The number of halogens is 2. The summed E-state index contributed by atoms with van der Waals surface area (Å²) >= 11 is 11.6. The maximum atomic E-state index is 11.5. The summed E-state index contributed by atoms with van der Waals surface area (Å²) in [6.45, 7) is 0. The van der Waals surface area contributed by atoms with Crippen molar-refractivity contribution in [3.05, 3.63) is 44.6 Å². The average Bonchev–Trinajstić information content (AvgIpc) is 2.64. The molecule has 1 aromatic heterocycles. The topological polar surface area (TPSA) is 88.0 Å². The lowest BCUT2D eigenvalue weighted by molar-refractivity contribution is 0.0683. The molecule has 0 bridgehead atoms. The highest BCUT2D eigenvalue weighted by Crippen LogP contribution is 2.22. The number of aromatic nitrogens is 3. The highest BCUT2D eigenvalue weighted by Gasteiger charge is 2.14. The van der Waals surface area contributed by atoms with E-state index >= 15 is 0 Å². The summed E-state index contributed by atoms with van der Waals surface area (Å²) < 4.78 is 0.845. The second-order valence-corrected chi connectivity index (χ2v) is 3.94. The van der Waals surface area contributed by atoms with E-state index in [1.807, 2.05) is 0 Å². The third-order valence-electron chi connectivity index (χ3n) is 1.96. The molecule has 88 valence electrons. The van der Waals surface area contributed by atoms with Gasteiger partial charge in [0.05, 0.1) is 10.7 Å². The molecule has 1 aromatic carbocycles. The lowest BCUT2D eigenvalue weighted by Gasteiger charge is -2.02. The van der Waals surface area contributed by atoms with Crippen LogP contribution < -0.4 is 5.69 Å². The fourth-order valence-electron chi connectivity index (χ4n) is 1.23. The van der Waals surface area contributed by atoms with E-state index in [-0.39, 0.29) is 10.7 Å². The highest BCUT2D eigenvalue weighted by molar-refractivity contribution is 6.34. The van der Waals surface area contributed by atoms with Crippen molar-refractivity contribution < 1.29 is 9.90 Å². The van der Waals surface area contributed by atoms with Crippen LogP contribution in [0.4, 0.5) is 0 Å². The van der Waals surface area contributed by atoms with Gasteiger partial charge in [0, 0.05) is 5.02 Å². The zero-order valence-electron chi connectivity index (χ0n) is 8.15. The number of carboxylic acid groups (broad SMARTS) is 1. The van der Waals surface area contributed by atoms with Crippen LogP contribution in [0.1, 0.15) is 10.6 Å². The molecule has 0 aliphatic rings. The van der Waals surface area contributed by atoms with E-state index in [1.54, 1.807) is 6.07 Å². The Morgan fingerprint density at radius 3 is 2.71 bits per heavy atom. The first kappa shape index (κ1) is 11.7. The van der Waals surface area contributed by atoms with Crippen molar-refractivity contribution in [1.82, 2.24) is 14.8 Å². The van der Waals surface area contributed by atoms with Crippen molar-refractivity contribution in [2.45, 2.75) is 0 Å². The van der Waals surface area contributed by atoms with Gasteiger partial charge in [-0.15, -0.1) is 5.10 Å². The van der Waals surface area contributed by atoms with E-state index in [0.29, 0.717) is 5.02 Å². The number of benzene rings is 1. The molecule has 0 unspecified atom stereocenters. The van der Waals surface area contributed by atoms with Crippen LogP contribution in [0.5, 0.6) is 0 Å². The molecular weight excluding hydrogens is 269 g/mol. The molecule has 1 heterocycles. The smallest absolute Gasteiger partial charge is 0.373 e. The minimum absolute atomic E-state index is 0.216. The molecule has 0 aliphatic carbocycles. The SMILES string of the molecule is O=C(O)c1nn(-c2cc(Cl)ccc2Cl)c(=O)[nH]1. The number of H-pyrrole nitrogens is 1. The molecule has 0 saturated heterocycles. The Bertz CT molecular complexity index is 647. The Hall–Kier alpha value is -1.79. The first-order valence-corrected chi connectivity index (χ1v) is 5.12. The van der Waals surface area contributed by atoms with Gasteiger partial charge in [-0.05, 0) is 18.2 Å². The van der Waals surface area contributed by atoms with Gasteiger partial charge >= 0.3 is 11.7 Å². The molecule has 17 heavy (non-hydrogen) atoms. The van der Waals surface area contributed by atoms with Crippen LogP contribution in [-0.4, -0.2) is 25.8 Å². The Morgan fingerprint density at radius 2 is 2.12 bits per heavy atom. The molecule has 0 radical (unpaired) electrons. The van der Waals surface area contributed by atoms with Crippen LogP contribution in [0.25, 0.3) is 5.69 Å². The quantitative estimate of drug-likeness (QED) is 0.869. The number of nitrogens with one attached hydrogen (secondary N) is 1. The fourth-order valence-corrected chi connectivity index (χ4v) is 1.60. The highest BCUT2D eigenvalue weighted by atomic mass is 35.5. The predicted octanol–water partition coefficient (Wildman–Crippen LogP) is 1.57. The lowest BCUT2D eigenvalue weighted by Crippen LogP contribution is -2.16. The Balaban J connectivity index is 2.64. The number of aromatic carboxylic acids is 1. The average molecular weight is 274 g/mol. The fraction of sp³-hybridized carbons (Fsp3) is 0. The molecule has 2 rings (SSSR count).